The molecule has 2 N–H and O–H groups in total. The predicted octanol–water partition coefficient (Wildman–Crippen LogP) is 7.03. The van der Waals surface area contributed by atoms with Crippen molar-refractivity contribution in [2.45, 2.75) is 97.4 Å². The number of unbranched alkanes of at least 4 members (excludes halogenated alkanes) is 9. The van der Waals surface area contributed by atoms with E-state index in [4.69, 9.17) is 17.0 Å². The smallest absolute Gasteiger partial charge is 0.414 e. The van der Waals surface area contributed by atoms with E-state index in [9.17, 15) is 19.8 Å². The molecule has 2 atom stereocenters. The lowest BCUT2D eigenvalue weighted by molar-refractivity contribution is -0.140. The van der Waals surface area contributed by atoms with Crippen LogP contribution in [0, 0.1) is 5.92 Å². The average molecular weight is 505 g/mol. The minimum absolute atomic E-state index is 0.145. The van der Waals surface area contributed by atoms with Gasteiger partial charge in [0.15, 0.2) is 0 Å². The maximum atomic E-state index is 12.3. The largest absolute Gasteiger partial charge is 0.494 e. The summed E-state index contributed by atoms with van der Waals surface area (Å²) in [6.07, 6.45) is 11.6. The molecule has 1 aliphatic heterocycles. The Morgan fingerprint density at radius 2 is 1.60 bits per heavy atom. The van der Waals surface area contributed by atoms with Crippen LogP contribution in [0.4, 0.5) is 4.79 Å². The van der Waals surface area contributed by atoms with Crippen LogP contribution in [-0.2, 0) is 11.2 Å². The van der Waals surface area contributed by atoms with Gasteiger partial charge < -0.3 is 14.9 Å². The molecule has 0 bridgehead atoms. The molecule has 1 amide bonds. The minimum atomic E-state index is -1.32. The maximum absolute atomic E-state index is 12.3. The zero-order valence-electron chi connectivity index (χ0n) is 21.3. The van der Waals surface area contributed by atoms with Gasteiger partial charge in [-0.3, -0.25) is 4.79 Å². The van der Waals surface area contributed by atoms with Crippen LogP contribution < -0.4 is 4.74 Å². The first-order valence-electron chi connectivity index (χ1n) is 12.9. The molecule has 0 aliphatic carbocycles. The quantitative estimate of drug-likeness (QED) is 0.196. The van der Waals surface area contributed by atoms with Crippen LogP contribution >= 0.6 is 12.2 Å². The van der Waals surface area contributed by atoms with Crippen LogP contribution in [0.3, 0.4) is 0 Å². The number of aliphatic carboxylic acids is 1. The van der Waals surface area contributed by atoms with Crippen molar-refractivity contribution in [2.24, 2.45) is 10.9 Å². The summed E-state index contributed by atoms with van der Waals surface area (Å²) in [6.45, 7) is 6.04. The molecule has 2 unspecified atom stereocenters. The summed E-state index contributed by atoms with van der Waals surface area (Å²) in [4.78, 5) is 29.4. The summed E-state index contributed by atoms with van der Waals surface area (Å²) >= 11 is 5.25. The fraction of sp³-hybridized carbons (Fsp3) is 0.630. The van der Waals surface area contributed by atoms with Crippen molar-refractivity contribution in [3.8, 4) is 5.75 Å². The van der Waals surface area contributed by atoms with Gasteiger partial charge in [-0.1, -0.05) is 76.8 Å². The number of carboxylic acids is 1. The third-order valence-electron chi connectivity index (χ3n) is 6.55. The van der Waals surface area contributed by atoms with E-state index in [1.165, 1.54) is 44.9 Å². The number of aryl methyl sites for hydroxylation is 1. The molecule has 0 aromatic heterocycles. The van der Waals surface area contributed by atoms with Gasteiger partial charge in [0, 0.05) is 11.3 Å². The van der Waals surface area contributed by atoms with Gasteiger partial charge in [0.05, 0.1) is 12.6 Å². The Kier molecular flexibility index (Phi) is 12.2. The van der Waals surface area contributed by atoms with E-state index < -0.39 is 24.0 Å². The van der Waals surface area contributed by atoms with Gasteiger partial charge in [0.1, 0.15) is 11.7 Å². The molecule has 1 heterocycles. The summed E-state index contributed by atoms with van der Waals surface area (Å²) < 4.78 is 5.86. The SMILES string of the molecule is CCCCCCCCCCCCc1cccc(OCC)c1C1C(C(=O)O)C(C)=NC(=S)N1C(=O)O. The lowest BCUT2D eigenvalue weighted by atomic mass is 9.83. The van der Waals surface area contributed by atoms with E-state index in [1.54, 1.807) is 13.0 Å². The van der Waals surface area contributed by atoms with Crippen molar-refractivity contribution in [1.29, 1.82) is 0 Å². The maximum Gasteiger partial charge on any atom is 0.414 e. The zero-order chi connectivity index (χ0) is 25.8. The van der Waals surface area contributed by atoms with Crippen LogP contribution in [-0.4, -0.2) is 44.6 Å². The number of carboxylic acid groups (broad SMARTS) is 2. The number of ether oxygens (including phenoxy) is 1. The summed E-state index contributed by atoms with van der Waals surface area (Å²) in [5.74, 6) is -1.79. The van der Waals surface area contributed by atoms with Crippen molar-refractivity contribution >= 4 is 35.1 Å². The lowest BCUT2D eigenvalue weighted by Gasteiger charge is -2.38. The molecule has 194 valence electrons. The highest BCUT2D eigenvalue weighted by Gasteiger charge is 2.45. The molecule has 35 heavy (non-hydrogen) atoms. The van der Waals surface area contributed by atoms with E-state index in [0.29, 0.717) is 30.1 Å². The number of thiocarbonyl (C=S) groups is 1. The van der Waals surface area contributed by atoms with Crippen molar-refractivity contribution in [1.82, 2.24) is 4.90 Å². The van der Waals surface area contributed by atoms with E-state index in [0.717, 1.165) is 29.7 Å². The first-order chi connectivity index (χ1) is 16.8. The highest BCUT2D eigenvalue weighted by molar-refractivity contribution is 7.80. The molecule has 8 heteroatoms. The Balaban J connectivity index is 2.21. The van der Waals surface area contributed by atoms with Crippen molar-refractivity contribution in [3.63, 3.8) is 0 Å². The van der Waals surface area contributed by atoms with E-state index >= 15 is 0 Å². The van der Waals surface area contributed by atoms with Crippen LogP contribution in [0.15, 0.2) is 23.2 Å². The number of amides is 1. The fourth-order valence-electron chi connectivity index (χ4n) is 4.81. The Hall–Kier alpha value is -2.48. The molecule has 0 fully saturated rings. The molecule has 1 aliphatic rings. The molecule has 7 nitrogen and oxygen atoms in total. The number of benzene rings is 1. The van der Waals surface area contributed by atoms with Crippen LogP contribution in [0.1, 0.15) is 102 Å². The average Bonchev–Trinajstić information content (AvgIpc) is 2.79. The number of nitrogens with zero attached hydrogens (tertiary/aromatic N) is 2. The van der Waals surface area contributed by atoms with E-state index in [2.05, 4.69) is 11.9 Å². The standard InChI is InChI=1S/C27H40N2O5S/c1-4-6-7-8-9-10-11-12-13-14-16-20-17-15-18-21(34-5-2)23(20)24-22(25(30)31)19(3)28-26(35)29(24)27(32)33/h15,17-18,22,24H,4-14,16H2,1-3H3,(H,30,31)(H,32,33). The third-order valence-corrected chi connectivity index (χ3v) is 6.83. The second kappa shape index (κ2) is 14.8. The summed E-state index contributed by atoms with van der Waals surface area (Å²) in [6, 6.07) is 4.55. The van der Waals surface area contributed by atoms with Gasteiger partial charge in [0.2, 0.25) is 5.11 Å². The van der Waals surface area contributed by atoms with Gasteiger partial charge in [-0.2, -0.15) is 0 Å². The molecule has 0 spiro atoms. The molecule has 0 saturated heterocycles. The van der Waals surface area contributed by atoms with Gasteiger partial charge in [-0.15, -0.1) is 0 Å². The molecule has 1 aromatic rings. The van der Waals surface area contributed by atoms with Gasteiger partial charge in [-0.05, 0) is 50.5 Å². The second-order valence-corrected chi connectivity index (χ2v) is 9.51. The van der Waals surface area contributed by atoms with Crippen molar-refractivity contribution in [3.05, 3.63) is 29.3 Å². The number of carbonyl (C=O) groups is 2. The Morgan fingerprint density at radius 3 is 2.14 bits per heavy atom. The monoisotopic (exact) mass is 504 g/mol. The predicted molar refractivity (Wildman–Crippen MR) is 143 cm³/mol. The molecular formula is C27H40N2O5S. The zero-order valence-corrected chi connectivity index (χ0v) is 22.1. The summed E-state index contributed by atoms with van der Waals surface area (Å²) in [5, 5.41) is 19.8. The number of aliphatic imine (C=N–C) groups is 1. The summed E-state index contributed by atoms with van der Waals surface area (Å²) in [5.41, 5.74) is 1.77. The van der Waals surface area contributed by atoms with Gasteiger partial charge in [0.25, 0.3) is 0 Å². The molecule has 1 aromatic carbocycles. The Labute approximate surface area is 214 Å². The van der Waals surface area contributed by atoms with Crippen molar-refractivity contribution in [2.75, 3.05) is 6.61 Å². The van der Waals surface area contributed by atoms with Crippen LogP contribution in [0.25, 0.3) is 0 Å². The lowest BCUT2D eigenvalue weighted by Crippen LogP contribution is -2.49. The Morgan fingerprint density at radius 1 is 1.00 bits per heavy atom. The molecule has 0 saturated carbocycles. The molecular weight excluding hydrogens is 464 g/mol. The molecule has 0 radical (unpaired) electrons. The fourth-order valence-corrected chi connectivity index (χ4v) is 5.14. The molecule has 2 rings (SSSR count). The number of hydrogen-bond donors (Lipinski definition) is 2. The topological polar surface area (TPSA) is 99.4 Å². The normalized spacial score (nSPS) is 17.9. The minimum Gasteiger partial charge on any atom is -0.494 e. The van der Waals surface area contributed by atoms with Crippen LogP contribution in [0.5, 0.6) is 5.75 Å². The highest BCUT2D eigenvalue weighted by Crippen LogP contribution is 2.41. The first-order valence-corrected chi connectivity index (χ1v) is 13.3. The van der Waals surface area contributed by atoms with E-state index in [-0.39, 0.29) is 5.11 Å². The first kappa shape index (κ1) is 28.8. The van der Waals surface area contributed by atoms with Crippen LogP contribution in [0.2, 0.25) is 0 Å². The van der Waals surface area contributed by atoms with Gasteiger partial charge in [-0.25, -0.2) is 14.7 Å². The highest BCUT2D eigenvalue weighted by atomic mass is 32.1. The summed E-state index contributed by atoms with van der Waals surface area (Å²) in [7, 11) is 0. The Bertz CT molecular complexity index is 902. The number of rotatable bonds is 15. The van der Waals surface area contributed by atoms with Gasteiger partial charge >= 0.3 is 12.1 Å². The number of hydrogen-bond acceptors (Lipinski definition) is 4. The van der Waals surface area contributed by atoms with E-state index in [1.807, 2.05) is 19.1 Å². The second-order valence-electron chi connectivity index (χ2n) is 9.14. The van der Waals surface area contributed by atoms with Crippen molar-refractivity contribution < 1.29 is 24.5 Å². The third kappa shape index (κ3) is 8.02.